The van der Waals surface area contributed by atoms with E-state index in [9.17, 15) is 14.4 Å². The van der Waals surface area contributed by atoms with Crippen molar-refractivity contribution in [2.45, 2.75) is 20.0 Å². The summed E-state index contributed by atoms with van der Waals surface area (Å²) < 4.78 is 0. The third-order valence-corrected chi connectivity index (χ3v) is 3.97. The Hall–Kier alpha value is -2.81. The second-order valence-electron chi connectivity index (χ2n) is 5.98. The molecule has 1 aliphatic heterocycles. The highest BCUT2D eigenvalue weighted by molar-refractivity contribution is 5.96. The average molecular weight is 362 g/mol. The van der Waals surface area contributed by atoms with Gasteiger partial charge in [0.2, 0.25) is 0 Å². The molecule has 1 aliphatic rings. The predicted molar refractivity (Wildman–Crippen MR) is 98.5 cm³/mol. The van der Waals surface area contributed by atoms with Gasteiger partial charge in [-0.2, -0.15) is 0 Å². The van der Waals surface area contributed by atoms with Crippen LogP contribution in [0, 0.1) is 6.92 Å². The lowest BCUT2D eigenvalue weighted by Crippen LogP contribution is -2.56. The molecule has 1 fully saturated rings. The van der Waals surface area contributed by atoms with Crippen molar-refractivity contribution in [1.29, 1.82) is 0 Å². The van der Waals surface area contributed by atoms with Gasteiger partial charge in [0.25, 0.3) is 5.91 Å². The van der Waals surface area contributed by atoms with Crippen LogP contribution in [-0.4, -0.2) is 66.7 Å². The SMILES string of the molecule is CCNC(=O)N1CCN(C(=O)Nc2cccc(C)c2)C1C(=O)NCCN. The third-order valence-electron chi connectivity index (χ3n) is 3.97. The summed E-state index contributed by atoms with van der Waals surface area (Å²) in [5.74, 6) is -0.432. The number of carbonyl (C=O) groups is 3. The zero-order valence-corrected chi connectivity index (χ0v) is 15.1. The van der Waals surface area contributed by atoms with Crippen LogP contribution in [0.2, 0.25) is 0 Å². The molecule has 0 radical (unpaired) electrons. The number of rotatable bonds is 5. The largest absolute Gasteiger partial charge is 0.351 e. The maximum atomic E-state index is 12.7. The van der Waals surface area contributed by atoms with Crippen LogP contribution in [0.4, 0.5) is 15.3 Å². The maximum Gasteiger partial charge on any atom is 0.323 e. The van der Waals surface area contributed by atoms with Crippen LogP contribution in [0.3, 0.4) is 0 Å². The normalized spacial score (nSPS) is 16.3. The van der Waals surface area contributed by atoms with Crippen molar-refractivity contribution in [1.82, 2.24) is 20.4 Å². The Morgan fingerprint density at radius 3 is 2.46 bits per heavy atom. The van der Waals surface area contributed by atoms with Crippen molar-refractivity contribution in [3.05, 3.63) is 29.8 Å². The molecule has 1 aromatic rings. The number of nitrogens with zero attached hydrogens (tertiary/aromatic N) is 2. The van der Waals surface area contributed by atoms with Crippen LogP contribution >= 0.6 is 0 Å². The number of nitrogens with one attached hydrogen (secondary N) is 3. The smallest absolute Gasteiger partial charge is 0.323 e. The highest BCUT2D eigenvalue weighted by atomic mass is 16.2. The van der Waals surface area contributed by atoms with E-state index in [-0.39, 0.29) is 32.2 Å². The topological polar surface area (TPSA) is 120 Å². The van der Waals surface area contributed by atoms with E-state index in [0.29, 0.717) is 12.2 Å². The molecule has 9 heteroatoms. The van der Waals surface area contributed by atoms with Crippen LogP contribution in [-0.2, 0) is 4.79 Å². The van der Waals surface area contributed by atoms with E-state index in [4.69, 9.17) is 5.73 Å². The fraction of sp³-hybridized carbons (Fsp3) is 0.471. The Bertz CT molecular complexity index is 666. The molecule has 142 valence electrons. The van der Waals surface area contributed by atoms with E-state index in [1.807, 2.05) is 25.1 Å². The third kappa shape index (κ3) is 4.63. The summed E-state index contributed by atoms with van der Waals surface area (Å²) >= 11 is 0. The Kier molecular flexibility index (Phi) is 6.79. The molecule has 26 heavy (non-hydrogen) atoms. The summed E-state index contributed by atoms with van der Waals surface area (Å²) in [5, 5.41) is 8.10. The molecule has 1 atom stereocenters. The second kappa shape index (κ2) is 9.04. The van der Waals surface area contributed by atoms with Crippen molar-refractivity contribution in [3.63, 3.8) is 0 Å². The first-order chi connectivity index (χ1) is 12.5. The molecule has 1 heterocycles. The number of urea groups is 2. The van der Waals surface area contributed by atoms with Gasteiger partial charge in [-0.3, -0.25) is 14.6 Å². The van der Waals surface area contributed by atoms with Crippen LogP contribution < -0.4 is 21.7 Å². The lowest BCUT2D eigenvalue weighted by molar-refractivity contribution is -0.127. The summed E-state index contributed by atoms with van der Waals surface area (Å²) in [5.41, 5.74) is 7.06. The van der Waals surface area contributed by atoms with Gasteiger partial charge in [-0.05, 0) is 31.5 Å². The number of nitrogens with two attached hydrogens (primary N) is 1. The molecule has 1 aromatic carbocycles. The van der Waals surface area contributed by atoms with Gasteiger partial charge in [0, 0.05) is 38.4 Å². The van der Waals surface area contributed by atoms with E-state index in [0.717, 1.165) is 5.56 Å². The van der Waals surface area contributed by atoms with Crippen molar-refractivity contribution >= 4 is 23.7 Å². The highest BCUT2D eigenvalue weighted by Gasteiger charge is 2.42. The molecule has 2 rings (SSSR count). The molecule has 0 aliphatic carbocycles. The van der Waals surface area contributed by atoms with Crippen LogP contribution in [0.5, 0.6) is 0 Å². The fourth-order valence-corrected chi connectivity index (χ4v) is 2.79. The zero-order valence-electron chi connectivity index (χ0n) is 15.1. The number of amides is 5. The van der Waals surface area contributed by atoms with Crippen LogP contribution in [0.1, 0.15) is 12.5 Å². The Labute approximate surface area is 152 Å². The fourth-order valence-electron chi connectivity index (χ4n) is 2.79. The molecule has 5 amide bonds. The maximum absolute atomic E-state index is 12.7. The number of hydrogen-bond donors (Lipinski definition) is 4. The highest BCUT2D eigenvalue weighted by Crippen LogP contribution is 2.18. The van der Waals surface area contributed by atoms with Crippen molar-refractivity contribution in [2.75, 3.05) is 38.0 Å². The summed E-state index contributed by atoms with van der Waals surface area (Å²) in [4.78, 5) is 40.2. The molecular weight excluding hydrogens is 336 g/mol. The Morgan fingerprint density at radius 1 is 1.15 bits per heavy atom. The predicted octanol–water partition coefficient (Wildman–Crippen LogP) is 0.275. The summed E-state index contributed by atoms with van der Waals surface area (Å²) in [6.07, 6.45) is -1.02. The molecule has 0 bridgehead atoms. The van der Waals surface area contributed by atoms with Gasteiger partial charge in [0.1, 0.15) is 0 Å². The van der Waals surface area contributed by atoms with Gasteiger partial charge in [0.05, 0.1) is 0 Å². The standard InChI is InChI=1S/C17H26N6O3/c1-3-19-16(25)22-9-10-23(15(22)14(24)20-8-7-18)17(26)21-13-6-4-5-12(2)11-13/h4-6,11,15H,3,7-10,18H2,1-2H3,(H,19,25)(H,20,24)(H,21,26). The first-order valence-electron chi connectivity index (χ1n) is 8.64. The lowest BCUT2D eigenvalue weighted by atomic mass is 10.2. The van der Waals surface area contributed by atoms with Gasteiger partial charge < -0.3 is 21.7 Å². The lowest BCUT2D eigenvalue weighted by Gasteiger charge is -2.29. The quantitative estimate of drug-likeness (QED) is 0.601. The van der Waals surface area contributed by atoms with E-state index >= 15 is 0 Å². The summed E-state index contributed by atoms with van der Waals surface area (Å²) in [7, 11) is 0. The number of carbonyl (C=O) groups excluding carboxylic acids is 3. The minimum Gasteiger partial charge on any atom is -0.351 e. The van der Waals surface area contributed by atoms with E-state index in [2.05, 4.69) is 16.0 Å². The molecule has 1 saturated heterocycles. The molecule has 9 nitrogen and oxygen atoms in total. The first-order valence-corrected chi connectivity index (χ1v) is 8.64. The Balaban J connectivity index is 2.17. The van der Waals surface area contributed by atoms with Crippen LogP contribution in [0.15, 0.2) is 24.3 Å². The minimum absolute atomic E-state index is 0.259. The van der Waals surface area contributed by atoms with Gasteiger partial charge >= 0.3 is 12.1 Å². The molecule has 5 N–H and O–H groups in total. The van der Waals surface area contributed by atoms with E-state index in [1.165, 1.54) is 9.80 Å². The van der Waals surface area contributed by atoms with Gasteiger partial charge in [-0.25, -0.2) is 9.59 Å². The van der Waals surface area contributed by atoms with Crippen LogP contribution in [0.25, 0.3) is 0 Å². The molecule has 0 spiro atoms. The summed E-state index contributed by atoms with van der Waals surface area (Å²) in [6, 6.07) is 6.54. The minimum atomic E-state index is -1.02. The van der Waals surface area contributed by atoms with Crippen molar-refractivity contribution < 1.29 is 14.4 Å². The first kappa shape index (κ1) is 19.5. The van der Waals surface area contributed by atoms with E-state index in [1.54, 1.807) is 13.0 Å². The molecule has 0 aromatic heterocycles. The van der Waals surface area contributed by atoms with Crippen molar-refractivity contribution in [3.8, 4) is 0 Å². The van der Waals surface area contributed by atoms with Gasteiger partial charge in [0.15, 0.2) is 6.17 Å². The number of benzene rings is 1. The molecular formula is C17H26N6O3. The number of hydrogen-bond acceptors (Lipinski definition) is 4. The van der Waals surface area contributed by atoms with Gasteiger partial charge in [-0.15, -0.1) is 0 Å². The number of aryl methyl sites for hydroxylation is 1. The molecule has 1 unspecified atom stereocenters. The second-order valence-corrected chi connectivity index (χ2v) is 5.98. The van der Waals surface area contributed by atoms with E-state index < -0.39 is 18.1 Å². The summed E-state index contributed by atoms with van der Waals surface area (Å²) in [6.45, 7) is 5.22. The van der Waals surface area contributed by atoms with Crippen molar-refractivity contribution in [2.24, 2.45) is 5.73 Å². The molecule has 0 saturated carbocycles. The number of anilines is 1. The zero-order chi connectivity index (χ0) is 19.1. The Morgan fingerprint density at radius 2 is 1.85 bits per heavy atom. The van der Waals surface area contributed by atoms with Gasteiger partial charge in [-0.1, -0.05) is 12.1 Å². The average Bonchev–Trinajstić information content (AvgIpc) is 3.05. The monoisotopic (exact) mass is 362 g/mol.